The van der Waals surface area contributed by atoms with Crippen molar-refractivity contribution >= 4 is 44.3 Å². The molecule has 0 amide bonds. The van der Waals surface area contributed by atoms with E-state index >= 15 is 0 Å². The highest BCUT2D eigenvalue weighted by Gasteiger charge is 2.09. The molecule has 0 aliphatic heterocycles. The lowest BCUT2D eigenvalue weighted by Crippen LogP contribution is -2.01. The van der Waals surface area contributed by atoms with E-state index in [-0.39, 0.29) is 5.78 Å². The van der Waals surface area contributed by atoms with E-state index in [1.165, 1.54) is 0 Å². The Labute approximate surface area is 115 Å². The second kappa shape index (κ2) is 5.05. The molecule has 0 unspecified atom stereocenters. The van der Waals surface area contributed by atoms with Crippen LogP contribution in [0.4, 0.5) is 0 Å². The first-order valence-corrected chi connectivity index (χ1v) is 6.45. The molecule has 0 N–H and O–H groups in total. The first-order valence-electron chi connectivity index (χ1n) is 4.58. The summed E-state index contributed by atoms with van der Waals surface area (Å²) in [6, 6.07) is 9.01. The van der Waals surface area contributed by atoms with Crippen molar-refractivity contribution in [2.24, 2.45) is 0 Å². The van der Waals surface area contributed by atoms with Crippen LogP contribution < -0.4 is 0 Å². The zero-order valence-corrected chi connectivity index (χ0v) is 11.9. The van der Waals surface area contributed by atoms with E-state index in [0.717, 1.165) is 8.04 Å². The summed E-state index contributed by atoms with van der Waals surface area (Å²) in [5.41, 5.74) is 1.35. The number of pyridine rings is 1. The van der Waals surface area contributed by atoms with Gasteiger partial charge in [-0.15, -0.1) is 0 Å². The lowest BCUT2D eigenvalue weighted by atomic mass is 10.1. The number of hydrogen-bond donors (Lipinski definition) is 0. The maximum atomic E-state index is 12.1. The molecule has 1 aromatic carbocycles. The van der Waals surface area contributed by atoms with Crippen LogP contribution in [0.25, 0.3) is 0 Å². The summed E-state index contributed by atoms with van der Waals surface area (Å²) in [5.74, 6) is 0.0211. The fourth-order valence-electron chi connectivity index (χ4n) is 1.31. The van der Waals surface area contributed by atoms with Crippen LogP contribution >= 0.6 is 38.5 Å². The van der Waals surface area contributed by atoms with Gasteiger partial charge in [0, 0.05) is 31.6 Å². The maximum absolute atomic E-state index is 12.1. The quantitative estimate of drug-likeness (QED) is 0.581. The van der Waals surface area contributed by atoms with Crippen molar-refractivity contribution < 1.29 is 4.79 Å². The standard InChI is InChI=1S/C12H7BrINO/c13-10-2-1-9(7-11(10)14)12(16)8-3-5-15-6-4-8/h1-7H. The van der Waals surface area contributed by atoms with Crippen LogP contribution in [-0.2, 0) is 0 Å². The van der Waals surface area contributed by atoms with Gasteiger partial charge >= 0.3 is 0 Å². The highest BCUT2D eigenvalue weighted by molar-refractivity contribution is 14.1. The molecular formula is C12H7BrINO. The monoisotopic (exact) mass is 387 g/mol. The minimum absolute atomic E-state index is 0.0211. The summed E-state index contributed by atoms with van der Waals surface area (Å²) in [6.07, 6.45) is 3.24. The van der Waals surface area contributed by atoms with Gasteiger partial charge in [-0.05, 0) is 68.9 Å². The molecule has 0 spiro atoms. The molecule has 0 aliphatic rings. The zero-order chi connectivity index (χ0) is 11.5. The van der Waals surface area contributed by atoms with Crippen molar-refractivity contribution in [1.82, 2.24) is 4.98 Å². The Morgan fingerprint density at radius 3 is 2.44 bits per heavy atom. The SMILES string of the molecule is O=C(c1ccncc1)c1ccc(Br)c(I)c1. The summed E-state index contributed by atoms with van der Waals surface area (Å²) in [5, 5.41) is 0. The molecule has 16 heavy (non-hydrogen) atoms. The minimum Gasteiger partial charge on any atom is -0.289 e. The van der Waals surface area contributed by atoms with Crippen molar-refractivity contribution in [2.75, 3.05) is 0 Å². The number of carbonyl (C=O) groups excluding carboxylic acids is 1. The molecule has 0 radical (unpaired) electrons. The normalized spacial score (nSPS) is 10.1. The predicted octanol–water partition coefficient (Wildman–Crippen LogP) is 3.68. The van der Waals surface area contributed by atoms with Gasteiger partial charge in [0.05, 0.1) is 0 Å². The Morgan fingerprint density at radius 1 is 1.12 bits per heavy atom. The Hall–Kier alpha value is -0.750. The van der Waals surface area contributed by atoms with Crippen molar-refractivity contribution in [1.29, 1.82) is 0 Å². The van der Waals surface area contributed by atoms with Crippen LogP contribution in [0.2, 0.25) is 0 Å². The number of benzene rings is 1. The van der Waals surface area contributed by atoms with Gasteiger partial charge in [-0.2, -0.15) is 0 Å². The summed E-state index contributed by atoms with van der Waals surface area (Å²) in [4.78, 5) is 16.0. The summed E-state index contributed by atoms with van der Waals surface area (Å²) >= 11 is 5.60. The van der Waals surface area contributed by atoms with Crippen LogP contribution in [0.1, 0.15) is 15.9 Å². The van der Waals surface area contributed by atoms with Gasteiger partial charge in [0.1, 0.15) is 0 Å². The van der Waals surface area contributed by atoms with Crippen LogP contribution in [0.5, 0.6) is 0 Å². The van der Waals surface area contributed by atoms with E-state index in [1.54, 1.807) is 24.5 Å². The number of aromatic nitrogens is 1. The lowest BCUT2D eigenvalue weighted by molar-refractivity contribution is 0.103. The number of nitrogens with zero attached hydrogens (tertiary/aromatic N) is 1. The molecule has 0 aliphatic carbocycles. The van der Waals surface area contributed by atoms with Gasteiger partial charge in [-0.1, -0.05) is 0 Å². The van der Waals surface area contributed by atoms with Crippen LogP contribution in [0.3, 0.4) is 0 Å². The maximum Gasteiger partial charge on any atom is 0.193 e. The Morgan fingerprint density at radius 2 is 1.81 bits per heavy atom. The summed E-state index contributed by atoms with van der Waals surface area (Å²) in [7, 11) is 0. The largest absolute Gasteiger partial charge is 0.289 e. The molecule has 0 atom stereocenters. The van der Waals surface area contributed by atoms with E-state index in [1.807, 2.05) is 18.2 Å². The van der Waals surface area contributed by atoms with E-state index < -0.39 is 0 Å². The number of carbonyl (C=O) groups is 1. The Kier molecular flexibility index (Phi) is 3.70. The van der Waals surface area contributed by atoms with Gasteiger partial charge in [0.15, 0.2) is 5.78 Å². The average Bonchev–Trinajstić information content (AvgIpc) is 2.33. The van der Waals surface area contributed by atoms with E-state index in [0.29, 0.717) is 11.1 Å². The number of ketones is 1. The van der Waals surface area contributed by atoms with E-state index in [4.69, 9.17) is 0 Å². The lowest BCUT2D eigenvalue weighted by Gasteiger charge is -2.02. The molecule has 0 fully saturated rings. The second-order valence-electron chi connectivity index (χ2n) is 3.19. The molecule has 1 aromatic heterocycles. The zero-order valence-electron chi connectivity index (χ0n) is 8.15. The van der Waals surface area contributed by atoms with E-state index in [9.17, 15) is 4.79 Å². The molecule has 4 heteroatoms. The van der Waals surface area contributed by atoms with Crippen molar-refractivity contribution in [2.45, 2.75) is 0 Å². The smallest absolute Gasteiger partial charge is 0.193 e. The Bertz CT molecular complexity index is 528. The van der Waals surface area contributed by atoms with Crippen molar-refractivity contribution in [3.05, 3.63) is 61.9 Å². The molecule has 80 valence electrons. The average molecular weight is 388 g/mol. The number of hydrogen-bond acceptors (Lipinski definition) is 2. The topological polar surface area (TPSA) is 30.0 Å². The fourth-order valence-corrected chi connectivity index (χ4v) is 2.07. The molecule has 2 rings (SSSR count). The first kappa shape index (κ1) is 11.7. The molecule has 2 nitrogen and oxygen atoms in total. The van der Waals surface area contributed by atoms with Gasteiger partial charge in [-0.25, -0.2) is 0 Å². The van der Waals surface area contributed by atoms with Crippen LogP contribution in [0.15, 0.2) is 47.2 Å². The van der Waals surface area contributed by atoms with Gasteiger partial charge in [0.25, 0.3) is 0 Å². The third-order valence-electron chi connectivity index (χ3n) is 2.12. The highest BCUT2D eigenvalue weighted by atomic mass is 127. The third kappa shape index (κ3) is 2.49. The summed E-state index contributed by atoms with van der Waals surface area (Å²) < 4.78 is 2.02. The van der Waals surface area contributed by atoms with Crippen LogP contribution in [0, 0.1) is 3.57 Å². The van der Waals surface area contributed by atoms with Gasteiger partial charge in [0.2, 0.25) is 0 Å². The molecular weight excluding hydrogens is 381 g/mol. The summed E-state index contributed by atoms with van der Waals surface area (Å²) in [6.45, 7) is 0. The van der Waals surface area contributed by atoms with Gasteiger partial charge in [-0.3, -0.25) is 9.78 Å². The highest BCUT2D eigenvalue weighted by Crippen LogP contribution is 2.21. The number of rotatable bonds is 2. The molecule has 1 heterocycles. The molecule has 0 saturated heterocycles. The van der Waals surface area contributed by atoms with E-state index in [2.05, 4.69) is 43.5 Å². The van der Waals surface area contributed by atoms with Gasteiger partial charge < -0.3 is 0 Å². The third-order valence-corrected chi connectivity index (χ3v) is 4.45. The molecule has 0 saturated carbocycles. The minimum atomic E-state index is 0.0211. The first-order chi connectivity index (χ1) is 7.68. The fraction of sp³-hybridized carbons (Fsp3) is 0. The van der Waals surface area contributed by atoms with Crippen LogP contribution in [-0.4, -0.2) is 10.8 Å². The molecule has 2 aromatic rings. The number of halogens is 2. The van der Waals surface area contributed by atoms with Crippen molar-refractivity contribution in [3.63, 3.8) is 0 Å². The second-order valence-corrected chi connectivity index (χ2v) is 5.21. The Balaban J connectivity index is 2.39. The molecule has 0 bridgehead atoms. The predicted molar refractivity (Wildman–Crippen MR) is 74.5 cm³/mol. The van der Waals surface area contributed by atoms with Crippen molar-refractivity contribution in [3.8, 4) is 0 Å².